The van der Waals surface area contributed by atoms with Crippen LogP contribution in [0.3, 0.4) is 0 Å². The van der Waals surface area contributed by atoms with Crippen LogP contribution in [-0.2, 0) is 11.2 Å². The number of fused-ring (bicyclic) bond motifs is 1. The standard InChI is InChI=1S/C20H19N3OS/c24-19(23-13-6-8-16-7-4-5-11-18(16)23)15-25-20-21-12-14-22(20)17-9-2-1-3-10-17/h1-5,7,9-12,14H,6,8,13,15H2. The first kappa shape index (κ1) is 16.0. The molecule has 5 heteroatoms. The summed E-state index contributed by atoms with van der Waals surface area (Å²) in [6.07, 6.45) is 5.77. The van der Waals surface area contributed by atoms with Crippen molar-refractivity contribution in [2.24, 2.45) is 0 Å². The summed E-state index contributed by atoms with van der Waals surface area (Å²) < 4.78 is 2.02. The molecule has 1 aliphatic rings. The third-order valence-corrected chi connectivity index (χ3v) is 5.33. The second-order valence-electron chi connectivity index (χ2n) is 5.98. The molecule has 0 saturated carbocycles. The minimum absolute atomic E-state index is 0.139. The highest BCUT2D eigenvalue weighted by Crippen LogP contribution is 2.28. The molecule has 1 amide bonds. The van der Waals surface area contributed by atoms with Crippen molar-refractivity contribution in [2.75, 3.05) is 17.2 Å². The Balaban J connectivity index is 1.48. The highest BCUT2D eigenvalue weighted by Gasteiger charge is 2.22. The highest BCUT2D eigenvalue weighted by molar-refractivity contribution is 7.99. The fraction of sp³-hybridized carbons (Fsp3) is 0.200. The topological polar surface area (TPSA) is 38.1 Å². The molecule has 0 spiro atoms. The van der Waals surface area contributed by atoms with Crippen molar-refractivity contribution in [1.29, 1.82) is 0 Å². The first-order valence-corrected chi connectivity index (χ1v) is 9.41. The van der Waals surface area contributed by atoms with Gasteiger partial charge in [-0.05, 0) is 36.6 Å². The molecule has 126 valence electrons. The monoisotopic (exact) mass is 349 g/mol. The molecule has 0 N–H and O–H groups in total. The molecule has 1 aromatic heterocycles. The van der Waals surface area contributed by atoms with Crippen LogP contribution in [0.15, 0.2) is 72.1 Å². The molecule has 0 fully saturated rings. The summed E-state index contributed by atoms with van der Waals surface area (Å²) in [4.78, 5) is 19.1. The third-order valence-electron chi connectivity index (χ3n) is 4.38. The number of benzene rings is 2. The molecule has 2 aromatic carbocycles. The molecule has 0 bridgehead atoms. The van der Waals surface area contributed by atoms with Gasteiger partial charge in [0.25, 0.3) is 0 Å². The summed E-state index contributed by atoms with van der Waals surface area (Å²) >= 11 is 1.49. The van der Waals surface area contributed by atoms with Crippen molar-refractivity contribution < 1.29 is 4.79 Å². The van der Waals surface area contributed by atoms with Crippen molar-refractivity contribution >= 4 is 23.4 Å². The predicted octanol–water partition coefficient (Wildman–Crippen LogP) is 3.94. The number of thioether (sulfide) groups is 1. The average Bonchev–Trinajstić information content (AvgIpc) is 3.15. The van der Waals surface area contributed by atoms with E-state index in [4.69, 9.17) is 0 Å². The summed E-state index contributed by atoms with van der Waals surface area (Å²) in [5.74, 6) is 0.526. The van der Waals surface area contributed by atoms with Crippen molar-refractivity contribution in [3.63, 3.8) is 0 Å². The average molecular weight is 349 g/mol. The lowest BCUT2D eigenvalue weighted by atomic mass is 10.0. The minimum atomic E-state index is 0.139. The van der Waals surface area contributed by atoms with Crippen LogP contribution in [0.2, 0.25) is 0 Å². The van der Waals surface area contributed by atoms with E-state index >= 15 is 0 Å². The van der Waals surface area contributed by atoms with Gasteiger partial charge in [0.2, 0.25) is 5.91 Å². The zero-order valence-electron chi connectivity index (χ0n) is 13.8. The van der Waals surface area contributed by atoms with E-state index in [1.165, 1.54) is 17.3 Å². The zero-order chi connectivity index (χ0) is 17.1. The Morgan fingerprint density at radius 3 is 2.76 bits per heavy atom. The van der Waals surface area contributed by atoms with E-state index in [2.05, 4.69) is 11.1 Å². The molecule has 4 rings (SSSR count). The molecule has 0 atom stereocenters. The normalized spacial score (nSPS) is 13.5. The van der Waals surface area contributed by atoms with Gasteiger partial charge in [-0.2, -0.15) is 0 Å². The van der Waals surface area contributed by atoms with Crippen LogP contribution in [0.4, 0.5) is 5.69 Å². The van der Waals surface area contributed by atoms with E-state index in [-0.39, 0.29) is 5.91 Å². The SMILES string of the molecule is O=C(CSc1nccn1-c1ccccc1)N1CCCc2ccccc21. The second-order valence-corrected chi connectivity index (χ2v) is 6.92. The summed E-state index contributed by atoms with van der Waals surface area (Å²) in [7, 11) is 0. The van der Waals surface area contributed by atoms with E-state index in [0.29, 0.717) is 5.75 Å². The summed E-state index contributed by atoms with van der Waals surface area (Å²) in [5.41, 5.74) is 3.38. The molecule has 0 unspecified atom stereocenters. The first-order valence-electron chi connectivity index (χ1n) is 8.43. The first-order chi connectivity index (χ1) is 12.3. The number of nitrogens with zero attached hydrogens (tertiary/aromatic N) is 3. The van der Waals surface area contributed by atoms with Crippen LogP contribution in [-0.4, -0.2) is 27.8 Å². The Morgan fingerprint density at radius 2 is 1.88 bits per heavy atom. The van der Waals surface area contributed by atoms with Gasteiger partial charge in [0.1, 0.15) is 0 Å². The molecular weight excluding hydrogens is 330 g/mol. The molecule has 1 aliphatic heterocycles. The quantitative estimate of drug-likeness (QED) is 0.670. The maximum absolute atomic E-state index is 12.8. The number of hydrogen-bond acceptors (Lipinski definition) is 3. The number of carbonyl (C=O) groups is 1. The van der Waals surface area contributed by atoms with Crippen LogP contribution in [0.5, 0.6) is 0 Å². The third kappa shape index (κ3) is 3.33. The lowest BCUT2D eigenvalue weighted by molar-refractivity contribution is -0.116. The Hall–Kier alpha value is -2.53. The summed E-state index contributed by atoms with van der Waals surface area (Å²) in [5, 5.41) is 0.838. The van der Waals surface area contributed by atoms with Crippen molar-refractivity contribution in [2.45, 2.75) is 18.0 Å². The Kier molecular flexibility index (Phi) is 4.57. The van der Waals surface area contributed by atoms with E-state index in [1.54, 1.807) is 6.20 Å². The van der Waals surface area contributed by atoms with Gasteiger partial charge < -0.3 is 4.90 Å². The fourth-order valence-corrected chi connectivity index (χ4v) is 4.03. The second kappa shape index (κ2) is 7.15. The van der Waals surface area contributed by atoms with Gasteiger partial charge in [-0.25, -0.2) is 4.98 Å². The molecule has 3 aromatic rings. The van der Waals surface area contributed by atoms with E-state index < -0.39 is 0 Å². The fourth-order valence-electron chi connectivity index (χ4n) is 3.18. The van der Waals surface area contributed by atoms with Gasteiger partial charge in [0.05, 0.1) is 5.75 Å². The van der Waals surface area contributed by atoms with Gasteiger partial charge in [0, 0.05) is 30.3 Å². The van der Waals surface area contributed by atoms with E-state index in [0.717, 1.165) is 35.9 Å². The molecule has 25 heavy (non-hydrogen) atoms. The van der Waals surface area contributed by atoms with E-state index in [9.17, 15) is 4.79 Å². The molecule has 0 aliphatic carbocycles. The van der Waals surface area contributed by atoms with Gasteiger partial charge in [-0.3, -0.25) is 9.36 Å². The largest absolute Gasteiger partial charge is 0.311 e. The molecular formula is C20H19N3OS. The number of aryl methyl sites for hydroxylation is 1. The predicted molar refractivity (Wildman–Crippen MR) is 101 cm³/mol. The van der Waals surface area contributed by atoms with Crippen molar-refractivity contribution in [1.82, 2.24) is 9.55 Å². The van der Waals surface area contributed by atoms with Gasteiger partial charge in [-0.15, -0.1) is 0 Å². The maximum atomic E-state index is 12.8. The lowest BCUT2D eigenvalue weighted by Crippen LogP contribution is -2.36. The number of anilines is 1. The zero-order valence-corrected chi connectivity index (χ0v) is 14.7. The van der Waals surface area contributed by atoms with Crippen LogP contribution >= 0.6 is 11.8 Å². The van der Waals surface area contributed by atoms with Crippen LogP contribution in [0, 0.1) is 0 Å². The smallest absolute Gasteiger partial charge is 0.237 e. The van der Waals surface area contributed by atoms with Crippen LogP contribution < -0.4 is 4.90 Å². The molecule has 4 nitrogen and oxygen atoms in total. The number of para-hydroxylation sites is 2. The Labute approximate surface area is 151 Å². The maximum Gasteiger partial charge on any atom is 0.237 e. The molecule has 0 radical (unpaired) electrons. The number of imidazole rings is 1. The number of aromatic nitrogens is 2. The number of amides is 1. The summed E-state index contributed by atoms with van der Waals surface area (Å²) in [6, 6.07) is 18.3. The Bertz CT molecular complexity index is 875. The van der Waals surface area contributed by atoms with Gasteiger partial charge in [-0.1, -0.05) is 48.2 Å². The van der Waals surface area contributed by atoms with Crippen molar-refractivity contribution in [3.05, 3.63) is 72.6 Å². The highest BCUT2D eigenvalue weighted by atomic mass is 32.2. The van der Waals surface area contributed by atoms with E-state index in [1.807, 2.05) is 64.2 Å². The lowest BCUT2D eigenvalue weighted by Gasteiger charge is -2.29. The number of hydrogen-bond donors (Lipinski definition) is 0. The van der Waals surface area contributed by atoms with Gasteiger partial charge in [0.15, 0.2) is 5.16 Å². The van der Waals surface area contributed by atoms with Gasteiger partial charge >= 0.3 is 0 Å². The molecule has 0 saturated heterocycles. The van der Waals surface area contributed by atoms with Crippen molar-refractivity contribution in [3.8, 4) is 5.69 Å². The summed E-state index contributed by atoms with van der Waals surface area (Å²) in [6.45, 7) is 0.795. The minimum Gasteiger partial charge on any atom is -0.311 e. The number of carbonyl (C=O) groups excluding carboxylic acids is 1. The molecule has 2 heterocycles. The van der Waals surface area contributed by atoms with Crippen LogP contribution in [0.25, 0.3) is 5.69 Å². The Morgan fingerprint density at radius 1 is 1.08 bits per heavy atom. The van der Waals surface area contributed by atoms with Crippen LogP contribution in [0.1, 0.15) is 12.0 Å². The number of rotatable bonds is 4.